The van der Waals surface area contributed by atoms with Gasteiger partial charge in [-0.25, -0.2) is 8.78 Å². The van der Waals surface area contributed by atoms with Gasteiger partial charge >= 0.3 is 0 Å². The number of nitrogens with zero attached hydrogens (tertiary/aromatic N) is 2. The van der Waals surface area contributed by atoms with Crippen LogP contribution in [-0.2, 0) is 0 Å². The number of thioether (sulfide) groups is 1. The van der Waals surface area contributed by atoms with Crippen molar-refractivity contribution < 1.29 is 8.78 Å². The summed E-state index contributed by atoms with van der Waals surface area (Å²) in [6.07, 6.45) is 0. The quantitative estimate of drug-likeness (QED) is 0.920. The Morgan fingerprint density at radius 1 is 1.26 bits per heavy atom. The maximum Gasteiger partial charge on any atom is 0.183 e. The van der Waals surface area contributed by atoms with Crippen LogP contribution in [0.2, 0.25) is 0 Å². The van der Waals surface area contributed by atoms with Crippen molar-refractivity contribution in [2.75, 3.05) is 43.0 Å². The first kappa shape index (κ1) is 14.1. The van der Waals surface area contributed by atoms with Crippen LogP contribution in [0.15, 0.2) is 12.1 Å². The maximum absolute atomic E-state index is 13.6. The second-order valence-electron chi connectivity index (χ2n) is 4.28. The summed E-state index contributed by atoms with van der Waals surface area (Å²) in [4.78, 5) is 2.29. The molecular formula is C13H15F2N3S. The van der Waals surface area contributed by atoms with Crippen molar-refractivity contribution in [1.82, 2.24) is 4.90 Å². The smallest absolute Gasteiger partial charge is 0.183 e. The molecular weight excluding hydrogens is 268 g/mol. The van der Waals surface area contributed by atoms with E-state index in [0.717, 1.165) is 31.1 Å². The molecule has 0 aliphatic carbocycles. The Hall–Kier alpha value is -1.32. The molecule has 0 unspecified atom stereocenters. The molecule has 0 amide bonds. The van der Waals surface area contributed by atoms with Gasteiger partial charge in [0.1, 0.15) is 6.07 Å². The Morgan fingerprint density at radius 2 is 2.00 bits per heavy atom. The number of benzene rings is 1. The van der Waals surface area contributed by atoms with Gasteiger partial charge in [-0.15, -0.1) is 0 Å². The number of anilines is 1. The lowest BCUT2D eigenvalue weighted by atomic mass is 10.2. The molecule has 1 aromatic rings. The van der Waals surface area contributed by atoms with Crippen LogP contribution >= 0.6 is 11.8 Å². The minimum Gasteiger partial charge on any atom is -0.381 e. The lowest BCUT2D eigenvalue weighted by Gasteiger charge is -2.26. The van der Waals surface area contributed by atoms with E-state index in [1.807, 2.05) is 11.8 Å². The molecule has 1 aromatic carbocycles. The molecule has 0 radical (unpaired) electrons. The third kappa shape index (κ3) is 3.58. The number of nitriles is 1. The van der Waals surface area contributed by atoms with Crippen LogP contribution in [0, 0.1) is 23.0 Å². The summed E-state index contributed by atoms with van der Waals surface area (Å²) >= 11 is 1.93. The Balaban J connectivity index is 1.89. The highest BCUT2D eigenvalue weighted by molar-refractivity contribution is 7.99. The Bertz CT molecular complexity index is 482. The molecule has 1 aliphatic heterocycles. The van der Waals surface area contributed by atoms with Crippen LogP contribution in [0.5, 0.6) is 0 Å². The summed E-state index contributed by atoms with van der Waals surface area (Å²) in [6.45, 7) is 3.45. The zero-order valence-electron chi connectivity index (χ0n) is 10.5. The zero-order chi connectivity index (χ0) is 13.7. The van der Waals surface area contributed by atoms with Crippen molar-refractivity contribution in [3.63, 3.8) is 0 Å². The average molecular weight is 283 g/mol. The largest absolute Gasteiger partial charge is 0.381 e. The Labute approximate surface area is 115 Å². The van der Waals surface area contributed by atoms with Crippen LogP contribution < -0.4 is 5.32 Å². The fourth-order valence-corrected chi connectivity index (χ4v) is 2.92. The van der Waals surface area contributed by atoms with Gasteiger partial charge in [-0.05, 0) is 12.1 Å². The van der Waals surface area contributed by atoms with E-state index in [4.69, 9.17) is 5.26 Å². The van der Waals surface area contributed by atoms with E-state index in [-0.39, 0.29) is 11.3 Å². The topological polar surface area (TPSA) is 39.1 Å². The summed E-state index contributed by atoms with van der Waals surface area (Å²) in [5.74, 6) is 0.190. The second kappa shape index (κ2) is 6.73. The molecule has 6 heteroatoms. The second-order valence-corrected chi connectivity index (χ2v) is 5.51. The summed E-state index contributed by atoms with van der Waals surface area (Å²) in [6, 6.07) is 4.31. The van der Waals surface area contributed by atoms with Gasteiger partial charge in [0.25, 0.3) is 0 Å². The van der Waals surface area contributed by atoms with Crippen LogP contribution in [0.4, 0.5) is 14.5 Å². The highest BCUT2D eigenvalue weighted by Crippen LogP contribution is 2.20. The van der Waals surface area contributed by atoms with E-state index >= 15 is 0 Å². The minimum absolute atomic E-state index is 0.114. The van der Waals surface area contributed by atoms with Crippen LogP contribution in [0.1, 0.15) is 5.56 Å². The van der Waals surface area contributed by atoms with Crippen LogP contribution in [0.3, 0.4) is 0 Å². The van der Waals surface area contributed by atoms with E-state index in [1.165, 1.54) is 12.1 Å². The predicted octanol–water partition coefficient (Wildman–Crippen LogP) is 2.30. The minimum atomic E-state index is -1.08. The molecule has 19 heavy (non-hydrogen) atoms. The lowest BCUT2D eigenvalue weighted by Crippen LogP contribution is -2.36. The van der Waals surface area contributed by atoms with Gasteiger partial charge in [-0.1, -0.05) is 0 Å². The van der Waals surface area contributed by atoms with E-state index in [1.54, 1.807) is 6.07 Å². The van der Waals surface area contributed by atoms with E-state index in [0.29, 0.717) is 6.54 Å². The molecule has 0 spiro atoms. The van der Waals surface area contributed by atoms with Crippen LogP contribution in [0.25, 0.3) is 0 Å². The number of hydrogen-bond donors (Lipinski definition) is 1. The van der Waals surface area contributed by atoms with Gasteiger partial charge in [0, 0.05) is 37.7 Å². The molecule has 1 aliphatic rings. The molecule has 1 heterocycles. The van der Waals surface area contributed by atoms with E-state index in [9.17, 15) is 8.78 Å². The highest BCUT2D eigenvalue weighted by Gasteiger charge is 2.14. The number of halogens is 2. The fourth-order valence-electron chi connectivity index (χ4n) is 1.95. The molecule has 1 saturated heterocycles. The zero-order valence-corrected chi connectivity index (χ0v) is 11.3. The van der Waals surface area contributed by atoms with Gasteiger partial charge in [0.15, 0.2) is 11.6 Å². The lowest BCUT2D eigenvalue weighted by molar-refractivity contribution is 0.314. The molecule has 0 saturated carbocycles. The third-order valence-corrected chi connectivity index (χ3v) is 3.99. The van der Waals surface area contributed by atoms with E-state index < -0.39 is 11.6 Å². The predicted molar refractivity (Wildman–Crippen MR) is 73.3 cm³/mol. The van der Waals surface area contributed by atoms with Crippen LogP contribution in [-0.4, -0.2) is 42.6 Å². The average Bonchev–Trinajstić information content (AvgIpc) is 2.45. The molecule has 2 rings (SSSR count). The first-order valence-electron chi connectivity index (χ1n) is 6.14. The fraction of sp³-hybridized carbons (Fsp3) is 0.462. The van der Waals surface area contributed by atoms with Gasteiger partial charge in [-0.3, -0.25) is 4.90 Å². The van der Waals surface area contributed by atoms with Crippen molar-refractivity contribution in [2.45, 2.75) is 0 Å². The molecule has 1 fully saturated rings. The summed E-state index contributed by atoms with van der Waals surface area (Å²) in [7, 11) is 0. The molecule has 1 N–H and O–H groups in total. The Morgan fingerprint density at radius 3 is 2.68 bits per heavy atom. The molecule has 3 nitrogen and oxygen atoms in total. The molecule has 0 atom stereocenters. The molecule has 0 bridgehead atoms. The van der Waals surface area contributed by atoms with Gasteiger partial charge in [-0.2, -0.15) is 17.0 Å². The number of rotatable bonds is 4. The summed E-state index contributed by atoms with van der Waals surface area (Å²) < 4.78 is 27.0. The van der Waals surface area contributed by atoms with E-state index in [2.05, 4.69) is 10.2 Å². The van der Waals surface area contributed by atoms with Gasteiger partial charge < -0.3 is 5.32 Å². The summed E-state index contributed by atoms with van der Waals surface area (Å²) in [5, 5.41) is 11.5. The first-order valence-corrected chi connectivity index (χ1v) is 7.30. The highest BCUT2D eigenvalue weighted by atomic mass is 32.2. The SMILES string of the molecule is N#Cc1ccc(NCCN2CCSCC2)c(F)c1F. The standard InChI is InChI=1S/C13H15F2N3S/c14-12-10(9-16)1-2-11(13(12)15)17-3-4-18-5-7-19-8-6-18/h1-2,17H,3-8H2. The Kier molecular flexibility index (Phi) is 5.00. The third-order valence-electron chi connectivity index (χ3n) is 3.05. The first-order chi connectivity index (χ1) is 9.22. The maximum atomic E-state index is 13.6. The van der Waals surface area contributed by atoms with Gasteiger partial charge in [0.05, 0.1) is 11.3 Å². The molecule has 102 valence electrons. The number of hydrogen-bond acceptors (Lipinski definition) is 4. The van der Waals surface area contributed by atoms with Crippen molar-refractivity contribution in [2.24, 2.45) is 0 Å². The van der Waals surface area contributed by atoms with Crippen molar-refractivity contribution in [1.29, 1.82) is 5.26 Å². The molecule has 0 aromatic heterocycles. The van der Waals surface area contributed by atoms with Crippen molar-refractivity contribution >= 4 is 17.4 Å². The monoisotopic (exact) mass is 283 g/mol. The van der Waals surface area contributed by atoms with Crippen molar-refractivity contribution in [3.05, 3.63) is 29.3 Å². The summed E-state index contributed by atoms with van der Waals surface area (Å²) in [5.41, 5.74) is -0.154. The number of nitrogens with one attached hydrogen (secondary N) is 1. The van der Waals surface area contributed by atoms with Crippen molar-refractivity contribution in [3.8, 4) is 6.07 Å². The normalized spacial score (nSPS) is 16.1. The van der Waals surface area contributed by atoms with Gasteiger partial charge in [0.2, 0.25) is 0 Å².